The van der Waals surface area contributed by atoms with Crippen LogP contribution in [-0.4, -0.2) is 25.8 Å². The number of nitrogens with one attached hydrogen (secondary N) is 1. The number of carbonyl (C=O) groups excluding carboxylic acids is 1. The third-order valence-electron chi connectivity index (χ3n) is 3.15. The summed E-state index contributed by atoms with van der Waals surface area (Å²) in [5.41, 5.74) is -0.917. The zero-order valence-electron chi connectivity index (χ0n) is 10.6. The second-order valence-corrected chi connectivity index (χ2v) is 7.86. The number of amides is 1. The van der Waals surface area contributed by atoms with Gasteiger partial charge in [0.15, 0.2) is 9.84 Å². The first-order chi connectivity index (χ1) is 9.58. The molecule has 1 aliphatic heterocycles. The molecule has 21 heavy (non-hydrogen) atoms. The lowest BCUT2D eigenvalue weighted by Crippen LogP contribution is -2.24. The molecule has 1 aliphatic rings. The number of alkyl halides is 3. The monoisotopic (exact) mass is 385 g/mol. The van der Waals surface area contributed by atoms with E-state index in [9.17, 15) is 26.4 Å². The first kappa shape index (κ1) is 16.3. The molecule has 1 aromatic rings. The molecule has 116 valence electrons. The Kier molecular flexibility index (Phi) is 4.34. The Morgan fingerprint density at radius 1 is 1.33 bits per heavy atom. The summed E-state index contributed by atoms with van der Waals surface area (Å²) in [5, 5.41) is 2.35. The van der Waals surface area contributed by atoms with E-state index in [-0.39, 0.29) is 23.6 Å². The van der Waals surface area contributed by atoms with Gasteiger partial charge >= 0.3 is 6.18 Å². The van der Waals surface area contributed by atoms with E-state index < -0.39 is 33.4 Å². The maximum Gasteiger partial charge on any atom is 0.416 e. The second-order valence-electron chi connectivity index (χ2n) is 4.78. The van der Waals surface area contributed by atoms with Gasteiger partial charge in [0.1, 0.15) is 0 Å². The number of sulfone groups is 1. The van der Waals surface area contributed by atoms with E-state index in [0.717, 1.165) is 12.1 Å². The molecule has 1 unspecified atom stereocenters. The van der Waals surface area contributed by atoms with E-state index in [0.29, 0.717) is 4.47 Å². The minimum atomic E-state index is -4.52. The van der Waals surface area contributed by atoms with Gasteiger partial charge in [0.05, 0.1) is 28.7 Å². The molecular weight excluding hydrogens is 375 g/mol. The standard InChI is InChI=1S/C12H11BrF3NO3S/c13-9-2-1-8(12(14,15)16)5-10(9)17-11(18)7-3-4-21(19,20)6-7/h1-2,5,7H,3-4,6H2,(H,17,18). The van der Waals surface area contributed by atoms with Crippen LogP contribution in [0.15, 0.2) is 22.7 Å². The molecule has 0 saturated carbocycles. The minimum absolute atomic E-state index is 0.0286. The summed E-state index contributed by atoms with van der Waals surface area (Å²) in [6.45, 7) is 0. The van der Waals surface area contributed by atoms with Gasteiger partial charge in [-0.05, 0) is 40.5 Å². The predicted octanol–water partition coefficient (Wildman–Crippen LogP) is 2.84. The van der Waals surface area contributed by atoms with Crippen LogP contribution < -0.4 is 5.32 Å². The number of rotatable bonds is 2. The van der Waals surface area contributed by atoms with Crippen molar-refractivity contribution in [1.82, 2.24) is 0 Å². The van der Waals surface area contributed by atoms with Crippen molar-refractivity contribution in [1.29, 1.82) is 0 Å². The van der Waals surface area contributed by atoms with E-state index in [1.807, 2.05) is 0 Å². The summed E-state index contributed by atoms with van der Waals surface area (Å²) in [4.78, 5) is 11.9. The van der Waals surface area contributed by atoms with Gasteiger partial charge in [0, 0.05) is 4.47 Å². The van der Waals surface area contributed by atoms with E-state index in [1.165, 1.54) is 6.07 Å². The molecule has 0 spiro atoms. The predicted molar refractivity (Wildman–Crippen MR) is 74.5 cm³/mol. The van der Waals surface area contributed by atoms with Crippen LogP contribution in [0.4, 0.5) is 18.9 Å². The van der Waals surface area contributed by atoms with Gasteiger partial charge in [-0.3, -0.25) is 4.79 Å². The van der Waals surface area contributed by atoms with Gasteiger partial charge < -0.3 is 5.32 Å². The highest BCUT2D eigenvalue weighted by Gasteiger charge is 2.34. The van der Waals surface area contributed by atoms with Crippen LogP contribution in [0.3, 0.4) is 0 Å². The van der Waals surface area contributed by atoms with Crippen molar-refractivity contribution < 1.29 is 26.4 Å². The molecule has 1 saturated heterocycles. The van der Waals surface area contributed by atoms with E-state index >= 15 is 0 Å². The molecule has 0 bridgehead atoms. The maximum absolute atomic E-state index is 12.6. The second kappa shape index (κ2) is 5.60. The van der Waals surface area contributed by atoms with Crippen molar-refractivity contribution in [2.75, 3.05) is 16.8 Å². The Bertz CT molecular complexity index is 673. The fourth-order valence-corrected chi connectivity index (χ4v) is 4.12. The van der Waals surface area contributed by atoms with Crippen LogP contribution in [0, 0.1) is 5.92 Å². The number of carbonyl (C=O) groups is 1. The summed E-state index contributed by atoms with van der Waals surface area (Å²) < 4.78 is 60.8. The zero-order chi connectivity index (χ0) is 15.8. The molecular formula is C12H11BrF3NO3S. The topological polar surface area (TPSA) is 63.2 Å². The maximum atomic E-state index is 12.6. The van der Waals surface area contributed by atoms with Crippen molar-refractivity contribution in [3.63, 3.8) is 0 Å². The van der Waals surface area contributed by atoms with Gasteiger partial charge in [-0.1, -0.05) is 0 Å². The molecule has 0 radical (unpaired) electrons. The van der Waals surface area contributed by atoms with Crippen LogP contribution in [0.5, 0.6) is 0 Å². The van der Waals surface area contributed by atoms with Crippen molar-refractivity contribution in [3.8, 4) is 0 Å². The average molecular weight is 386 g/mol. The number of hydrogen-bond donors (Lipinski definition) is 1. The first-order valence-electron chi connectivity index (χ1n) is 5.96. The molecule has 1 amide bonds. The van der Waals surface area contributed by atoms with Crippen molar-refractivity contribution >= 4 is 37.4 Å². The Hall–Kier alpha value is -1.09. The van der Waals surface area contributed by atoms with Crippen LogP contribution in [0.1, 0.15) is 12.0 Å². The average Bonchev–Trinajstić information content (AvgIpc) is 2.71. The molecule has 9 heteroatoms. The fourth-order valence-electron chi connectivity index (χ4n) is 2.03. The Labute approximate surface area is 127 Å². The molecule has 2 rings (SSSR count). The molecule has 1 N–H and O–H groups in total. The summed E-state index contributed by atoms with van der Waals surface area (Å²) in [5.74, 6) is -1.66. The molecule has 1 atom stereocenters. The Morgan fingerprint density at radius 3 is 2.52 bits per heavy atom. The summed E-state index contributed by atoms with van der Waals surface area (Å²) in [7, 11) is -3.23. The highest BCUT2D eigenvalue weighted by molar-refractivity contribution is 9.10. The number of halogens is 4. The highest BCUT2D eigenvalue weighted by atomic mass is 79.9. The van der Waals surface area contributed by atoms with E-state index in [2.05, 4.69) is 21.2 Å². The van der Waals surface area contributed by atoms with Gasteiger partial charge in [0.2, 0.25) is 5.91 Å². The van der Waals surface area contributed by atoms with Crippen molar-refractivity contribution in [2.45, 2.75) is 12.6 Å². The molecule has 1 aromatic carbocycles. The van der Waals surface area contributed by atoms with Gasteiger partial charge in [0.25, 0.3) is 0 Å². The lowest BCUT2D eigenvalue weighted by atomic mass is 10.1. The van der Waals surface area contributed by atoms with Crippen LogP contribution >= 0.6 is 15.9 Å². The van der Waals surface area contributed by atoms with Crippen LogP contribution in [0.2, 0.25) is 0 Å². The van der Waals surface area contributed by atoms with Gasteiger partial charge in [-0.2, -0.15) is 13.2 Å². The summed E-state index contributed by atoms with van der Waals surface area (Å²) >= 11 is 3.06. The largest absolute Gasteiger partial charge is 0.416 e. The number of anilines is 1. The highest BCUT2D eigenvalue weighted by Crippen LogP contribution is 2.34. The summed E-state index contributed by atoms with van der Waals surface area (Å²) in [6, 6.07) is 2.88. The van der Waals surface area contributed by atoms with Crippen LogP contribution in [-0.2, 0) is 20.8 Å². The molecule has 4 nitrogen and oxygen atoms in total. The van der Waals surface area contributed by atoms with Crippen LogP contribution in [0.25, 0.3) is 0 Å². The number of benzene rings is 1. The molecule has 1 heterocycles. The zero-order valence-corrected chi connectivity index (χ0v) is 13.0. The third-order valence-corrected chi connectivity index (χ3v) is 5.61. The van der Waals surface area contributed by atoms with E-state index in [4.69, 9.17) is 0 Å². The fraction of sp³-hybridized carbons (Fsp3) is 0.417. The lowest BCUT2D eigenvalue weighted by molar-refractivity contribution is -0.137. The van der Waals surface area contributed by atoms with Gasteiger partial charge in [-0.25, -0.2) is 8.42 Å². The molecule has 1 fully saturated rings. The van der Waals surface area contributed by atoms with Crippen molar-refractivity contribution in [2.24, 2.45) is 5.92 Å². The summed E-state index contributed by atoms with van der Waals surface area (Å²) in [6.07, 6.45) is -4.33. The molecule has 0 aliphatic carbocycles. The van der Waals surface area contributed by atoms with Crippen molar-refractivity contribution in [3.05, 3.63) is 28.2 Å². The third kappa shape index (κ3) is 3.97. The quantitative estimate of drug-likeness (QED) is 0.851. The minimum Gasteiger partial charge on any atom is -0.325 e. The normalized spacial score (nSPS) is 21.2. The van der Waals surface area contributed by atoms with E-state index in [1.54, 1.807) is 0 Å². The SMILES string of the molecule is O=C(Nc1cc(C(F)(F)F)ccc1Br)C1CCS(=O)(=O)C1. The van der Waals surface area contributed by atoms with Gasteiger partial charge in [-0.15, -0.1) is 0 Å². The smallest absolute Gasteiger partial charge is 0.325 e. The molecule has 0 aromatic heterocycles. The Morgan fingerprint density at radius 2 is 2.00 bits per heavy atom. The number of hydrogen-bond acceptors (Lipinski definition) is 3. The lowest BCUT2D eigenvalue weighted by Gasteiger charge is -2.13. The Balaban J connectivity index is 2.18. The first-order valence-corrected chi connectivity index (χ1v) is 8.58.